The highest BCUT2D eigenvalue weighted by atomic mass is 16.6. The highest BCUT2D eigenvalue weighted by molar-refractivity contribution is 5.94. The van der Waals surface area contributed by atoms with Crippen LogP contribution in [0.1, 0.15) is 24.8 Å². The van der Waals surface area contributed by atoms with Crippen molar-refractivity contribution in [2.24, 2.45) is 17.6 Å². The minimum absolute atomic E-state index is 0.0832. The Balaban J connectivity index is 2.18. The Morgan fingerprint density at radius 2 is 2.29 bits per heavy atom. The van der Waals surface area contributed by atoms with Gasteiger partial charge >= 0.3 is 0 Å². The molecule has 1 fully saturated rings. The standard InChI is InChI=1S/C14H16N4O3/c15-7-9-2-1-3-12(9)14(19)17-13-5-4-11(18(20)21)6-10(13)8-16/h4-6,9,12H,1-3,7,15H2,(H,17,19). The van der Waals surface area contributed by atoms with E-state index in [1.54, 1.807) is 0 Å². The number of nitro benzene ring substituents is 1. The number of nitrogens with one attached hydrogen (secondary N) is 1. The fraction of sp³-hybridized carbons (Fsp3) is 0.429. The predicted octanol–water partition coefficient (Wildman–Crippen LogP) is 1.78. The summed E-state index contributed by atoms with van der Waals surface area (Å²) in [7, 11) is 0. The highest BCUT2D eigenvalue weighted by Gasteiger charge is 2.32. The first-order valence-corrected chi connectivity index (χ1v) is 6.76. The van der Waals surface area contributed by atoms with Crippen LogP contribution in [0.5, 0.6) is 0 Å². The van der Waals surface area contributed by atoms with E-state index in [-0.39, 0.29) is 29.0 Å². The summed E-state index contributed by atoms with van der Waals surface area (Å²) in [5.74, 6) is -0.168. The lowest BCUT2D eigenvalue weighted by Gasteiger charge is -2.17. The zero-order chi connectivity index (χ0) is 15.4. The zero-order valence-corrected chi connectivity index (χ0v) is 11.4. The van der Waals surface area contributed by atoms with Crippen LogP contribution in [-0.4, -0.2) is 17.4 Å². The second kappa shape index (κ2) is 6.33. The molecule has 2 unspecified atom stereocenters. The van der Waals surface area contributed by atoms with E-state index < -0.39 is 4.92 Å². The Hall–Kier alpha value is -2.46. The number of hydrogen-bond donors (Lipinski definition) is 2. The number of non-ortho nitro benzene ring substituents is 1. The van der Waals surface area contributed by atoms with Crippen molar-refractivity contribution in [1.82, 2.24) is 0 Å². The Labute approximate surface area is 121 Å². The molecule has 0 bridgehead atoms. The van der Waals surface area contributed by atoms with E-state index in [2.05, 4.69) is 5.32 Å². The zero-order valence-electron chi connectivity index (χ0n) is 11.4. The molecule has 1 aliphatic carbocycles. The van der Waals surface area contributed by atoms with Gasteiger partial charge in [-0.2, -0.15) is 5.26 Å². The van der Waals surface area contributed by atoms with Crippen LogP contribution in [0.2, 0.25) is 0 Å². The molecule has 0 radical (unpaired) electrons. The summed E-state index contributed by atoms with van der Waals surface area (Å²) < 4.78 is 0. The van der Waals surface area contributed by atoms with Crippen LogP contribution in [-0.2, 0) is 4.79 Å². The van der Waals surface area contributed by atoms with E-state index in [0.29, 0.717) is 12.2 Å². The molecule has 110 valence electrons. The molecular weight excluding hydrogens is 272 g/mol. The Morgan fingerprint density at radius 3 is 2.90 bits per heavy atom. The quantitative estimate of drug-likeness (QED) is 0.645. The van der Waals surface area contributed by atoms with E-state index in [1.807, 2.05) is 6.07 Å². The number of rotatable bonds is 4. The van der Waals surface area contributed by atoms with Gasteiger partial charge in [0.15, 0.2) is 0 Å². The lowest BCUT2D eigenvalue weighted by Crippen LogP contribution is -2.30. The number of nitrogens with zero attached hydrogens (tertiary/aromatic N) is 2. The van der Waals surface area contributed by atoms with Gasteiger partial charge in [-0.1, -0.05) is 6.42 Å². The van der Waals surface area contributed by atoms with E-state index in [9.17, 15) is 14.9 Å². The van der Waals surface area contributed by atoms with Crippen LogP contribution in [0.15, 0.2) is 18.2 Å². The van der Waals surface area contributed by atoms with Gasteiger partial charge in [0.2, 0.25) is 5.91 Å². The Kier molecular flexibility index (Phi) is 4.50. The number of nitro groups is 1. The van der Waals surface area contributed by atoms with E-state index in [4.69, 9.17) is 11.0 Å². The smallest absolute Gasteiger partial charge is 0.270 e. The van der Waals surface area contributed by atoms with Crippen LogP contribution >= 0.6 is 0 Å². The number of anilines is 1. The van der Waals surface area contributed by atoms with Crippen molar-refractivity contribution in [1.29, 1.82) is 5.26 Å². The monoisotopic (exact) mass is 288 g/mol. The normalized spacial score (nSPS) is 20.8. The van der Waals surface area contributed by atoms with Gasteiger partial charge in [-0.05, 0) is 31.4 Å². The average Bonchev–Trinajstić information content (AvgIpc) is 2.95. The Morgan fingerprint density at radius 1 is 1.52 bits per heavy atom. The molecule has 7 heteroatoms. The summed E-state index contributed by atoms with van der Waals surface area (Å²) in [6.45, 7) is 0.462. The lowest BCUT2D eigenvalue weighted by atomic mass is 9.95. The second-order valence-corrected chi connectivity index (χ2v) is 5.12. The molecule has 1 amide bonds. The molecule has 1 aromatic carbocycles. The summed E-state index contributed by atoms with van der Waals surface area (Å²) in [5.41, 5.74) is 5.87. The summed E-state index contributed by atoms with van der Waals surface area (Å²) >= 11 is 0. The van der Waals surface area contributed by atoms with Crippen LogP contribution in [0, 0.1) is 33.3 Å². The maximum atomic E-state index is 12.3. The summed E-state index contributed by atoms with van der Waals surface area (Å²) in [6, 6.07) is 5.68. The fourth-order valence-corrected chi connectivity index (χ4v) is 2.74. The van der Waals surface area contributed by atoms with E-state index in [0.717, 1.165) is 25.3 Å². The molecule has 0 spiro atoms. The van der Waals surface area contributed by atoms with Gasteiger partial charge in [-0.3, -0.25) is 14.9 Å². The van der Waals surface area contributed by atoms with Gasteiger partial charge in [0, 0.05) is 18.1 Å². The maximum Gasteiger partial charge on any atom is 0.270 e. The van der Waals surface area contributed by atoms with Crippen molar-refractivity contribution < 1.29 is 9.72 Å². The van der Waals surface area contributed by atoms with Gasteiger partial charge in [0.25, 0.3) is 5.69 Å². The largest absolute Gasteiger partial charge is 0.330 e. The molecule has 0 saturated heterocycles. The van der Waals surface area contributed by atoms with Gasteiger partial charge in [-0.15, -0.1) is 0 Å². The van der Waals surface area contributed by atoms with Gasteiger partial charge in [0.1, 0.15) is 6.07 Å². The number of nitriles is 1. The molecule has 7 nitrogen and oxygen atoms in total. The summed E-state index contributed by atoms with van der Waals surface area (Å²) in [5, 5.41) is 22.4. The van der Waals surface area contributed by atoms with Crippen LogP contribution in [0.4, 0.5) is 11.4 Å². The lowest BCUT2D eigenvalue weighted by molar-refractivity contribution is -0.384. The van der Waals surface area contributed by atoms with Crippen molar-refractivity contribution in [2.75, 3.05) is 11.9 Å². The number of hydrogen-bond acceptors (Lipinski definition) is 5. The minimum Gasteiger partial charge on any atom is -0.330 e. The molecule has 0 aromatic heterocycles. The number of benzene rings is 1. The molecule has 1 aromatic rings. The second-order valence-electron chi connectivity index (χ2n) is 5.12. The molecule has 0 aliphatic heterocycles. The van der Waals surface area contributed by atoms with E-state index >= 15 is 0 Å². The first-order valence-electron chi connectivity index (χ1n) is 6.76. The summed E-state index contributed by atoms with van der Waals surface area (Å²) in [6.07, 6.45) is 2.67. The number of amides is 1. The van der Waals surface area contributed by atoms with E-state index in [1.165, 1.54) is 12.1 Å². The summed E-state index contributed by atoms with van der Waals surface area (Å²) in [4.78, 5) is 22.4. The highest BCUT2D eigenvalue weighted by Crippen LogP contribution is 2.32. The SMILES string of the molecule is N#Cc1cc([N+](=O)[O-])ccc1NC(=O)C1CCCC1CN. The van der Waals surface area contributed by atoms with Gasteiger partial charge in [0.05, 0.1) is 16.2 Å². The number of carbonyl (C=O) groups is 1. The predicted molar refractivity (Wildman–Crippen MR) is 76.3 cm³/mol. The molecule has 2 rings (SSSR count). The van der Waals surface area contributed by atoms with Crippen LogP contribution in [0.3, 0.4) is 0 Å². The van der Waals surface area contributed by atoms with Crippen LogP contribution < -0.4 is 11.1 Å². The van der Waals surface area contributed by atoms with Crippen molar-refractivity contribution in [3.05, 3.63) is 33.9 Å². The van der Waals surface area contributed by atoms with Crippen LogP contribution in [0.25, 0.3) is 0 Å². The number of nitrogens with two attached hydrogens (primary N) is 1. The third kappa shape index (κ3) is 3.17. The third-order valence-corrected chi connectivity index (χ3v) is 3.89. The van der Waals surface area contributed by atoms with Crippen molar-refractivity contribution in [2.45, 2.75) is 19.3 Å². The first-order chi connectivity index (χ1) is 10.1. The molecular formula is C14H16N4O3. The van der Waals surface area contributed by atoms with Crippen molar-refractivity contribution in [3.63, 3.8) is 0 Å². The molecule has 2 atom stereocenters. The minimum atomic E-state index is -0.576. The first kappa shape index (κ1) is 14.9. The average molecular weight is 288 g/mol. The maximum absolute atomic E-state index is 12.3. The third-order valence-electron chi connectivity index (χ3n) is 3.89. The fourth-order valence-electron chi connectivity index (χ4n) is 2.74. The molecule has 21 heavy (non-hydrogen) atoms. The Bertz CT molecular complexity index is 609. The molecule has 0 heterocycles. The topological polar surface area (TPSA) is 122 Å². The van der Waals surface area contributed by atoms with Crippen molar-refractivity contribution in [3.8, 4) is 6.07 Å². The van der Waals surface area contributed by atoms with Gasteiger partial charge < -0.3 is 11.1 Å². The van der Waals surface area contributed by atoms with Gasteiger partial charge in [-0.25, -0.2) is 0 Å². The molecule has 3 N–H and O–H groups in total. The molecule has 1 saturated carbocycles. The molecule has 1 aliphatic rings. The van der Waals surface area contributed by atoms with Crippen molar-refractivity contribution >= 4 is 17.3 Å². The number of carbonyl (C=O) groups excluding carboxylic acids is 1.